The quantitative estimate of drug-likeness (QED) is 0.0467. The summed E-state index contributed by atoms with van der Waals surface area (Å²) in [6.07, 6.45) is 0. The van der Waals surface area contributed by atoms with Crippen LogP contribution in [0.1, 0.15) is 20.8 Å². The molecule has 0 atom stereocenters. The average Bonchev–Trinajstić information content (AvgIpc) is 2.88. The molecule has 0 rings (SSSR count). The normalized spacial score (nSPS) is 11.3. The molecule has 0 bridgehead atoms. The molecular formula is C24H46N4O11. The number of carbonyl (C=O) groups excluding carboxylic acids is 2. The van der Waals surface area contributed by atoms with E-state index in [0.29, 0.717) is 106 Å². The largest absolute Gasteiger partial charge is 0.458 e. The Morgan fingerprint density at radius 3 is 1.51 bits per heavy atom. The van der Waals surface area contributed by atoms with E-state index in [9.17, 15) is 9.59 Å². The third kappa shape index (κ3) is 32.0. The molecule has 0 aliphatic heterocycles. The third-order valence-electron chi connectivity index (χ3n) is 4.07. The predicted octanol–water partition coefficient (Wildman–Crippen LogP) is 0.887. The van der Waals surface area contributed by atoms with E-state index < -0.39 is 11.6 Å². The Morgan fingerprint density at radius 2 is 1.05 bits per heavy atom. The second-order valence-electron chi connectivity index (χ2n) is 8.67. The molecule has 0 saturated carbocycles. The lowest BCUT2D eigenvalue weighted by molar-refractivity contribution is -0.160. The van der Waals surface area contributed by atoms with E-state index >= 15 is 0 Å². The number of carbonyl (C=O) groups is 2. The van der Waals surface area contributed by atoms with Crippen molar-refractivity contribution >= 4 is 11.9 Å². The van der Waals surface area contributed by atoms with Crippen LogP contribution in [0, 0.1) is 0 Å². The molecule has 0 heterocycles. The van der Waals surface area contributed by atoms with Crippen molar-refractivity contribution in [3.63, 3.8) is 0 Å². The second-order valence-corrected chi connectivity index (χ2v) is 8.67. The Bertz CT molecular complexity index is 644. The van der Waals surface area contributed by atoms with Gasteiger partial charge in [0.25, 0.3) is 0 Å². The number of hydrogen-bond acceptors (Lipinski definition) is 12. The van der Waals surface area contributed by atoms with Crippen molar-refractivity contribution in [2.45, 2.75) is 26.4 Å². The van der Waals surface area contributed by atoms with E-state index in [-0.39, 0.29) is 19.1 Å². The van der Waals surface area contributed by atoms with Crippen LogP contribution < -0.4 is 5.32 Å². The van der Waals surface area contributed by atoms with Crippen LogP contribution in [0.2, 0.25) is 0 Å². The lowest BCUT2D eigenvalue weighted by atomic mass is 10.2. The lowest BCUT2D eigenvalue weighted by Gasteiger charge is -2.19. The molecule has 0 aromatic rings. The number of amides is 1. The maximum atomic E-state index is 11.7. The first kappa shape index (κ1) is 36.9. The molecule has 0 aromatic carbocycles. The van der Waals surface area contributed by atoms with Gasteiger partial charge in [-0.3, -0.25) is 4.79 Å². The minimum atomic E-state index is -0.523. The number of hydrogen-bond donors (Lipinski definition) is 1. The van der Waals surface area contributed by atoms with Crippen molar-refractivity contribution in [3.8, 4) is 0 Å². The van der Waals surface area contributed by atoms with E-state index in [1.165, 1.54) is 0 Å². The number of nitrogens with one attached hydrogen (secondary N) is 1. The fourth-order valence-corrected chi connectivity index (χ4v) is 2.47. The van der Waals surface area contributed by atoms with E-state index in [1.807, 2.05) is 0 Å². The fraction of sp³-hybridized carbons (Fsp3) is 0.917. The monoisotopic (exact) mass is 566 g/mol. The smallest absolute Gasteiger partial charge is 0.332 e. The summed E-state index contributed by atoms with van der Waals surface area (Å²) in [7, 11) is 0. The molecule has 15 nitrogen and oxygen atoms in total. The maximum Gasteiger partial charge on any atom is 0.332 e. The lowest BCUT2D eigenvalue weighted by Crippen LogP contribution is -2.31. The molecule has 0 saturated heterocycles. The van der Waals surface area contributed by atoms with Crippen molar-refractivity contribution in [2.75, 3.05) is 119 Å². The van der Waals surface area contributed by atoms with Gasteiger partial charge in [0.1, 0.15) is 18.8 Å². The molecule has 0 radical (unpaired) electrons. The number of esters is 1. The molecule has 0 unspecified atom stereocenters. The minimum Gasteiger partial charge on any atom is -0.458 e. The molecule has 228 valence electrons. The molecule has 0 fully saturated rings. The van der Waals surface area contributed by atoms with Gasteiger partial charge in [0.05, 0.1) is 92.5 Å². The first-order valence-electron chi connectivity index (χ1n) is 13.0. The number of rotatable bonds is 28. The SMILES string of the molecule is CC(C)(C)OC(=O)COCCOCCOCCOCCNC(=O)COCCOCCOCCOCCN=[N+]=[N-]. The average molecular weight is 567 g/mol. The third-order valence-corrected chi connectivity index (χ3v) is 4.07. The highest BCUT2D eigenvalue weighted by Gasteiger charge is 2.15. The number of azide groups is 1. The van der Waals surface area contributed by atoms with Crippen molar-refractivity contribution in [1.82, 2.24) is 5.32 Å². The van der Waals surface area contributed by atoms with Crippen molar-refractivity contribution in [1.29, 1.82) is 0 Å². The van der Waals surface area contributed by atoms with E-state index in [4.69, 9.17) is 48.2 Å². The number of nitrogens with zero attached hydrogens (tertiary/aromatic N) is 3. The Labute approximate surface area is 230 Å². The summed E-state index contributed by atoms with van der Waals surface area (Å²) < 4.78 is 47.5. The summed E-state index contributed by atoms with van der Waals surface area (Å²) >= 11 is 0. The minimum absolute atomic E-state index is 0.0534. The molecule has 0 aliphatic rings. The highest BCUT2D eigenvalue weighted by Crippen LogP contribution is 2.06. The first-order chi connectivity index (χ1) is 18.8. The maximum absolute atomic E-state index is 11.7. The van der Waals surface area contributed by atoms with Gasteiger partial charge in [0, 0.05) is 18.0 Å². The summed E-state index contributed by atoms with van der Waals surface area (Å²) in [6.45, 7) is 11.3. The van der Waals surface area contributed by atoms with Crippen molar-refractivity contribution in [3.05, 3.63) is 10.4 Å². The highest BCUT2D eigenvalue weighted by atomic mass is 16.6. The topological polar surface area (TPSA) is 178 Å². The molecule has 0 spiro atoms. The summed E-state index contributed by atoms with van der Waals surface area (Å²) in [5.41, 5.74) is 7.59. The van der Waals surface area contributed by atoms with Gasteiger partial charge in [0.15, 0.2) is 0 Å². The van der Waals surface area contributed by atoms with E-state index in [2.05, 4.69) is 15.3 Å². The van der Waals surface area contributed by atoms with Gasteiger partial charge in [-0.15, -0.1) is 0 Å². The Morgan fingerprint density at radius 1 is 0.641 bits per heavy atom. The van der Waals surface area contributed by atoms with Crippen LogP contribution in [-0.4, -0.2) is 136 Å². The molecule has 15 heteroatoms. The van der Waals surface area contributed by atoms with Crippen LogP contribution in [0.4, 0.5) is 0 Å². The van der Waals surface area contributed by atoms with Crippen LogP contribution in [0.3, 0.4) is 0 Å². The Balaban J connectivity index is 3.23. The van der Waals surface area contributed by atoms with Crippen LogP contribution in [0.5, 0.6) is 0 Å². The van der Waals surface area contributed by atoms with Gasteiger partial charge < -0.3 is 47.9 Å². The summed E-state index contributed by atoms with van der Waals surface area (Å²) in [4.78, 5) is 25.8. The molecule has 39 heavy (non-hydrogen) atoms. The van der Waals surface area contributed by atoms with Gasteiger partial charge in [-0.05, 0) is 26.3 Å². The van der Waals surface area contributed by atoms with Crippen molar-refractivity contribution in [2.24, 2.45) is 5.11 Å². The first-order valence-corrected chi connectivity index (χ1v) is 13.0. The van der Waals surface area contributed by atoms with E-state index in [0.717, 1.165) is 0 Å². The molecule has 0 aromatic heterocycles. The van der Waals surface area contributed by atoms with Gasteiger partial charge in [0.2, 0.25) is 5.91 Å². The predicted molar refractivity (Wildman–Crippen MR) is 139 cm³/mol. The zero-order valence-corrected chi connectivity index (χ0v) is 23.6. The van der Waals surface area contributed by atoms with Crippen LogP contribution in [-0.2, 0) is 52.2 Å². The van der Waals surface area contributed by atoms with Gasteiger partial charge >= 0.3 is 5.97 Å². The van der Waals surface area contributed by atoms with E-state index in [1.54, 1.807) is 20.8 Å². The number of ether oxygens (including phenoxy) is 9. The Hall–Kier alpha value is -2.07. The van der Waals surface area contributed by atoms with Crippen LogP contribution >= 0.6 is 0 Å². The zero-order valence-electron chi connectivity index (χ0n) is 23.6. The van der Waals surface area contributed by atoms with Crippen LogP contribution in [0.15, 0.2) is 5.11 Å². The molecule has 1 amide bonds. The summed E-state index contributed by atoms with van der Waals surface area (Å²) in [5, 5.41) is 6.05. The van der Waals surface area contributed by atoms with Gasteiger partial charge in [-0.1, -0.05) is 5.11 Å². The van der Waals surface area contributed by atoms with Gasteiger partial charge in [-0.25, -0.2) is 4.79 Å². The van der Waals surface area contributed by atoms with Crippen LogP contribution in [0.25, 0.3) is 10.4 Å². The highest BCUT2D eigenvalue weighted by molar-refractivity contribution is 5.77. The summed E-state index contributed by atoms with van der Waals surface area (Å²) in [6, 6.07) is 0. The Kier molecular flexibility index (Phi) is 26.0. The fourth-order valence-electron chi connectivity index (χ4n) is 2.47. The second kappa shape index (κ2) is 27.5. The van der Waals surface area contributed by atoms with Gasteiger partial charge in [-0.2, -0.15) is 0 Å². The summed E-state index contributed by atoms with van der Waals surface area (Å²) in [5.74, 6) is -0.634. The van der Waals surface area contributed by atoms with Crippen molar-refractivity contribution < 1.29 is 52.2 Å². The standard InChI is InChI=1S/C24H46N4O11/c1-24(2,3)39-23(30)21-38-19-17-36-15-13-33-10-8-31-6-4-26-22(29)20-37-18-16-35-14-12-34-11-9-32-7-5-27-28-25/h4-21H2,1-3H3,(H,26,29). The zero-order chi connectivity index (χ0) is 28.9. The molecular weight excluding hydrogens is 520 g/mol. The molecule has 1 N–H and O–H groups in total. The molecule has 0 aliphatic carbocycles.